The molecule has 0 fully saturated rings. The highest BCUT2D eigenvalue weighted by Crippen LogP contribution is 2.41. The Balaban J connectivity index is 1.92. The molecule has 4 rings (SSSR count). The van der Waals surface area contributed by atoms with Crippen LogP contribution in [0.25, 0.3) is 33.8 Å². The fourth-order valence-electron chi connectivity index (χ4n) is 2.92. The van der Waals surface area contributed by atoms with Crippen molar-refractivity contribution in [3.8, 4) is 39.8 Å². The third-order valence-corrected chi connectivity index (χ3v) is 4.56. The molecule has 0 aliphatic heterocycles. The van der Waals surface area contributed by atoms with E-state index in [0.717, 1.165) is 33.8 Å². The SMILES string of the molecule is N#Cc1ccc(-c2cc(-c3ccccc3)oc2-c2ccccc2Cl)cc1. The molecular weight excluding hydrogens is 342 g/mol. The summed E-state index contributed by atoms with van der Waals surface area (Å²) in [6, 6.07) is 29.2. The van der Waals surface area contributed by atoms with Gasteiger partial charge in [-0.05, 0) is 35.9 Å². The first-order valence-electron chi connectivity index (χ1n) is 8.21. The van der Waals surface area contributed by atoms with E-state index in [1.54, 1.807) is 12.1 Å². The zero-order valence-electron chi connectivity index (χ0n) is 13.8. The number of hydrogen-bond donors (Lipinski definition) is 0. The fourth-order valence-corrected chi connectivity index (χ4v) is 3.14. The summed E-state index contributed by atoms with van der Waals surface area (Å²) in [6.07, 6.45) is 0. The van der Waals surface area contributed by atoms with E-state index in [0.29, 0.717) is 10.6 Å². The highest BCUT2D eigenvalue weighted by Gasteiger charge is 2.18. The summed E-state index contributed by atoms with van der Waals surface area (Å²) in [6.45, 7) is 0. The Morgan fingerprint density at radius 1 is 0.731 bits per heavy atom. The first kappa shape index (κ1) is 16.2. The largest absolute Gasteiger partial charge is 0.455 e. The zero-order chi connectivity index (χ0) is 17.9. The van der Waals surface area contributed by atoms with Gasteiger partial charge >= 0.3 is 0 Å². The topological polar surface area (TPSA) is 36.9 Å². The zero-order valence-corrected chi connectivity index (χ0v) is 14.6. The second-order valence-corrected chi connectivity index (χ2v) is 6.30. The summed E-state index contributed by atoms with van der Waals surface area (Å²) in [5, 5.41) is 9.67. The summed E-state index contributed by atoms with van der Waals surface area (Å²) in [5.41, 5.74) is 4.39. The van der Waals surface area contributed by atoms with Crippen LogP contribution in [0.5, 0.6) is 0 Å². The number of rotatable bonds is 3. The molecule has 0 bridgehead atoms. The van der Waals surface area contributed by atoms with Crippen LogP contribution in [0, 0.1) is 11.3 Å². The quantitative estimate of drug-likeness (QED) is 0.405. The third-order valence-electron chi connectivity index (χ3n) is 4.23. The highest BCUT2D eigenvalue weighted by atomic mass is 35.5. The Kier molecular flexibility index (Phi) is 4.31. The highest BCUT2D eigenvalue weighted by molar-refractivity contribution is 6.33. The maximum Gasteiger partial charge on any atom is 0.144 e. The van der Waals surface area contributed by atoms with E-state index in [1.807, 2.05) is 72.8 Å². The smallest absolute Gasteiger partial charge is 0.144 e. The average Bonchev–Trinajstić information content (AvgIpc) is 3.14. The van der Waals surface area contributed by atoms with Gasteiger partial charge in [0.25, 0.3) is 0 Å². The molecule has 2 nitrogen and oxygen atoms in total. The molecule has 4 aromatic rings. The number of benzene rings is 3. The molecule has 1 heterocycles. The van der Waals surface area contributed by atoms with Gasteiger partial charge in [-0.15, -0.1) is 0 Å². The van der Waals surface area contributed by atoms with Gasteiger partial charge in [-0.2, -0.15) is 5.26 Å². The van der Waals surface area contributed by atoms with Crippen molar-refractivity contribution in [2.45, 2.75) is 0 Å². The summed E-state index contributed by atoms with van der Waals surface area (Å²) in [4.78, 5) is 0. The minimum absolute atomic E-state index is 0.625. The molecule has 3 aromatic carbocycles. The van der Waals surface area contributed by atoms with Crippen LogP contribution in [0.4, 0.5) is 0 Å². The monoisotopic (exact) mass is 355 g/mol. The van der Waals surface area contributed by atoms with Crippen molar-refractivity contribution in [2.75, 3.05) is 0 Å². The Morgan fingerprint density at radius 2 is 1.42 bits per heavy atom. The molecule has 0 saturated heterocycles. The first-order valence-corrected chi connectivity index (χ1v) is 8.59. The number of furan rings is 1. The lowest BCUT2D eigenvalue weighted by atomic mass is 10.0. The van der Waals surface area contributed by atoms with Gasteiger partial charge in [0, 0.05) is 16.7 Å². The Hall–Kier alpha value is -3.28. The molecule has 0 aliphatic rings. The van der Waals surface area contributed by atoms with Crippen LogP contribution in [0.1, 0.15) is 5.56 Å². The second kappa shape index (κ2) is 6.92. The van der Waals surface area contributed by atoms with E-state index in [-0.39, 0.29) is 0 Å². The van der Waals surface area contributed by atoms with Crippen LogP contribution in [0.15, 0.2) is 89.3 Å². The van der Waals surface area contributed by atoms with Crippen molar-refractivity contribution in [3.05, 3.63) is 95.5 Å². The summed E-state index contributed by atoms with van der Waals surface area (Å²) >= 11 is 6.42. The predicted molar refractivity (Wildman–Crippen MR) is 105 cm³/mol. The minimum Gasteiger partial charge on any atom is -0.455 e. The van der Waals surface area contributed by atoms with E-state index >= 15 is 0 Å². The van der Waals surface area contributed by atoms with Crippen molar-refractivity contribution in [2.24, 2.45) is 0 Å². The fraction of sp³-hybridized carbons (Fsp3) is 0. The van der Waals surface area contributed by atoms with Gasteiger partial charge in [-0.1, -0.05) is 66.2 Å². The lowest BCUT2D eigenvalue weighted by Gasteiger charge is -2.05. The van der Waals surface area contributed by atoms with Crippen LogP contribution in [-0.4, -0.2) is 0 Å². The Morgan fingerprint density at radius 3 is 2.12 bits per heavy atom. The van der Waals surface area contributed by atoms with E-state index in [9.17, 15) is 0 Å². The molecule has 0 atom stereocenters. The molecule has 0 spiro atoms. The molecule has 1 aromatic heterocycles. The molecular formula is C23H14ClNO. The van der Waals surface area contributed by atoms with Crippen LogP contribution in [0.3, 0.4) is 0 Å². The lowest BCUT2D eigenvalue weighted by molar-refractivity contribution is 0.598. The maximum absolute atomic E-state index is 9.03. The Labute approximate surface area is 156 Å². The van der Waals surface area contributed by atoms with E-state index in [2.05, 4.69) is 6.07 Å². The molecule has 0 amide bonds. The van der Waals surface area contributed by atoms with E-state index in [1.165, 1.54) is 0 Å². The summed E-state index contributed by atoms with van der Waals surface area (Å²) < 4.78 is 6.23. The van der Waals surface area contributed by atoms with Crippen LogP contribution < -0.4 is 0 Å². The molecule has 3 heteroatoms. The predicted octanol–water partition coefficient (Wildman–Crippen LogP) is 6.81. The molecule has 0 N–H and O–H groups in total. The van der Waals surface area contributed by atoms with Crippen molar-refractivity contribution in [1.29, 1.82) is 5.26 Å². The number of nitrogens with zero attached hydrogens (tertiary/aromatic N) is 1. The number of hydrogen-bond acceptors (Lipinski definition) is 2. The third kappa shape index (κ3) is 3.01. The summed E-state index contributed by atoms with van der Waals surface area (Å²) in [5.74, 6) is 1.50. The van der Waals surface area contributed by atoms with Crippen molar-refractivity contribution in [3.63, 3.8) is 0 Å². The molecule has 0 unspecified atom stereocenters. The Bertz CT molecular complexity index is 1090. The first-order chi connectivity index (χ1) is 12.8. The average molecular weight is 356 g/mol. The van der Waals surface area contributed by atoms with Crippen LogP contribution >= 0.6 is 11.6 Å². The van der Waals surface area contributed by atoms with Gasteiger partial charge in [0.05, 0.1) is 16.7 Å². The number of halogens is 1. The van der Waals surface area contributed by atoms with Crippen molar-refractivity contribution >= 4 is 11.6 Å². The number of nitriles is 1. The normalized spacial score (nSPS) is 10.5. The van der Waals surface area contributed by atoms with Gasteiger partial charge in [-0.25, -0.2) is 0 Å². The molecule has 0 saturated carbocycles. The van der Waals surface area contributed by atoms with Gasteiger partial charge in [-0.3, -0.25) is 0 Å². The summed E-state index contributed by atoms with van der Waals surface area (Å²) in [7, 11) is 0. The van der Waals surface area contributed by atoms with Crippen molar-refractivity contribution in [1.82, 2.24) is 0 Å². The van der Waals surface area contributed by atoms with Gasteiger partial charge < -0.3 is 4.42 Å². The molecule has 0 aliphatic carbocycles. The minimum atomic E-state index is 0.625. The molecule has 124 valence electrons. The van der Waals surface area contributed by atoms with Gasteiger partial charge in [0.15, 0.2) is 0 Å². The second-order valence-electron chi connectivity index (χ2n) is 5.89. The maximum atomic E-state index is 9.03. The van der Waals surface area contributed by atoms with E-state index in [4.69, 9.17) is 21.3 Å². The van der Waals surface area contributed by atoms with Gasteiger partial charge in [0.1, 0.15) is 11.5 Å². The molecule has 26 heavy (non-hydrogen) atoms. The van der Waals surface area contributed by atoms with Crippen molar-refractivity contribution < 1.29 is 4.42 Å². The van der Waals surface area contributed by atoms with Gasteiger partial charge in [0.2, 0.25) is 0 Å². The van der Waals surface area contributed by atoms with Crippen LogP contribution in [-0.2, 0) is 0 Å². The lowest BCUT2D eigenvalue weighted by Crippen LogP contribution is -1.82. The standard InChI is InChI=1S/C23H14ClNO/c24-21-9-5-4-8-19(21)23-20(17-12-10-16(15-25)11-13-17)14-22(26-23)18-6-2-1-3-7-18/h1-14H. The molecule has 0 radical (unpaired) electrons. The van der Waals surface area contributed by atoms with E-state index < -0.39 is 0 Å². The van der Waals surface area contributed by atoms with Crippen LogP contribution in [0.2, 0.25) is 5.02 Å².